The lowest BCUT2D eigenvalue weighted by atomic mass is 9.77. The van der Waals surface area contributed by atoms with E-state index in [0.29, 0.717) is 11.2 Å². The SMILES string of the molecule is Oc1ccc2c(c1)CCCC(c1ccccc1)=C2c1ccc(N2CCC3(CCNC3)CC2)cc1. The summed E-state index contributed by atoms with van der Waals surface area (Å²) in [4.78, 5) is 2.57. The Labute approximate surface area is 203 Å². The number of aromatic hydroxyl groups is 1. The van der Waals surface area contributed by atoms with Crippen LogP contribution in [0.1, 0.15) is 54.4 Å². The lowest BCUT2D eigenvalue weighted by molar-refractivity contribution is 0.247. The molecule has 0 aromatic heterocycles. The molecule has 1 aliphatic carbocycles. The highest BCUT2D eigenvalue weighted by Crippen LogP contribution is 2.42. The maximum Gasteiger partial charge on any atom is 0.115 e. The average Bonchev–Trinajstić information content (AvgIpc) is 3.24. The summed E-state index contributed by atoms with van der Waals surface area (Å²) in [6.07, 6.45) is 7.05. The molecule has 0 bridgehead atoms. The van der Waals surface area contributed by atoms with Crippen LogP contribution in [0.25, 0.3) is 11.1 Å². The number of phenols is 1. The van der Waals surface area contributed by atoms with E-state index in [2.05, 4.69) is 70.9 Å². The summed E-state index contributed by atoms with van der Waals surface area (Å²) >= 11 is 0. The minimum absolute atomic E-state index is 0.358. The Morgan fingerprint density at radius 1 is 0.794 bits per heavy atom. The summed E-state index contributed by atoms with van der Waals surface area (Å²) in [5.74, 6) is 0.358. The predicted molar refractivity (Wildman–Crippen MR) is 141 cm³/mol. The molecule has 3 heteroatoms. The van der Waals surface area contributed by atoms with Gasteiger partial charge in [-0.25, -0.2) is 0 Å². The molecule has 2 heterocycles. The van der Waals surface area contributed by atoms with E-state index in [0.717, 1.165) is 32.4 Å². The molecule has 6 rings (SSSR count). The molecule has 174 valence electrons. The number of phenolic OH excluding ortho intramolecular Hbond substituents is 1. The molecule has 0 atom stereocenters. The second-order valence-electron chi connectivity index (χ2n) is 10.4. The smallest absolute Gasteiger partial charge is 0.115 e. The van der Waals surface area contributed by atoms with Gasteiger partial charge in [0.05, 0.1) is 0 Å². The maximum atomic E-state index is 10.2. The molecule has 0 saturated carbocycles. The fourth-order valence-electron chi connectivity index (χ4n) is 6.33. The van der Waals surface area contributed by atoms with Crippen molar-refractivity contribution in [2.24, 2.45) is 5.41 Å². The van der Waals surface area contributed by atoms with Crippen molar-refractivity contribution >= 4 is 16.8 Å². The summed E-state index contributed by atoms with van der Waals surface area (Å²) < 4.78 is 0. The zero-order valence-corrected chi connectivity index (χ0v) is 19.9. The number of allylic oxidation sites excluding steroid dienone is 1. The van der Waals surface area contributed by atoms with Crippen LogP contribution >= 0.6 is 0 Å². The van der Waals surface area contributed by atoms with Crippen LogP contribution in [0.15, 0.2) is 72.8 Å². The van der Waals surface area contributed by atoms with E-state index in [9.17, 15) is 5.11 Å². The van der Waals surface area contributed by atoms with E-state index in [-0.39, 0.29) is 0 Å². The zero-order valence-electron chi connectivity index (χ0n) is 19.9. The van der Waals surface area contributed by atoms with Gasteiger partial charge in [-0.2, -0.15) is 0 Å². The van der Waals surface area contributed by atoms with E-state index in [4.69, 9.17) is 0 Å². The highest BCUT2D eigenvalue weighted by Gasteiger charge is 2.37. The van der Waals surface area contributed by atoms with E-state index in [1.807, 2.05) is 12.1 Å². The van der Waals surface area contributed by atoms with Crippen molar-refractivity contribution in [3.63, 3.8) is 0 Å². The van der Waals surface area contributed by atoms with Gasteiger partial charge in [0, 0.05) is 25.3 Å². The monoisotopic (exact) mass is 450 g/mol. The minimum Gasteiger partial charge on any atom is -0.508 e. The Bertz CT molecular complexity index is 1180. The van der Waals surface area contributed by atoms with Crippen molar-refractivity contribution < 1.29 is 5.11 Å². The summed E-state index contributed by atoms with van der Waals surface area (Å²) in [5, 5.41) is 13.7. The number of rotatable bonds is 3. The Balaban J connectivity index is 1.36. The molecule has 0 unspecified atom stereocenters. The van der Waals surface area contributed by atoms with E-state index in [1.165, 1.54) is 71.4 Å². The number of nitrogens with one attached hydrogen (secondary N) is 1. The molecule has 3 aliphatic rings. The molecular formula is C31H34N2O. The number of piperidine rings is 1. The van der Waals surface area contributed by atoms with Crippen molar-refractivity contribution in [2.45, 2.75) is 38.5 Å². The first-order chi connectivity index (χ1) is 16.7. The molecule has 3 nitrogen and oxygen atoms in total. The molecule has 0 amide bonds. The Kier molecular flexibility index (Phi) is 5.66. The third-order valence-corrected chi connectivity index (χ3v) is 8.33. The number of nitrogens with zero attached hydrogens (tertiary/aromatic N) is 1. The first kappa shape index (κ1) is 21.5. The number of fused-ring (bicyclic) bond motifs is 1. The number of hydrogen-bond donors (Lipinski definition) is 2. The first-order valence-corrected chi connectivity index (χ1v) is 12.9. The van der Waals surface area contributed by atoms with Gasteiger partial charge >= 0.3 is 0 Å². The molecular weight excluding hydrogens is 416 g/mol. The van der Waals surface area contributed by atoms with Crippen LogP contribution < -0.4 is 10.2 Å². The van der Waals surface area contributed by atoms with Crippen LogP contribution in [0.3, 0.4) is 0 Å². The van der Waals surface area contributed by atoms with Crippen molar-refractivity contribution in [3.8, 4) is 5.75 Å². The molecule has 1 spiro atoms. The molecule has 2 aliphatic heterocycles. The number of anilines is 1. The van der Waals surface area contributed by atoms with Crippen LogP contribution in [0.5, 0.6) is 5.75 Å². The lowest BCUT2D eigenvalue weighted by Gasteiger charge is -2.40. The Morgan fingerprint density at radius 2 is 1.59 bits per heavy atom. The van der Waals surface area contributed by atoms with Gasteiger partial charge in [0.25, 0.3) is 0 Å². The van der Waals surface area contributed by atoms with Crippen molar-refractivity contribution in [2.75, 3.05) is 31.1 Å². The molecule has 2 fully saturated rings. The average molecular weight is 451 g/mol. The number of benzene rings is 3. The van der Waals surface area contributed by atoms with E-state index in [1.54, 1.807) is 0 Å². The normalized spacial score (nSPS) is 19.8. The topological polar surface area (TPSA) is 35.5 Å². The largest absolute Gasteiger partial charge is 0.508 e. The van der Waals surface area contributed by atoms with E-state index < -0.39 is 0 Å². The Morgan fingerprint density at radius 3 is 2.32 bits per heavy atom. The van der Waals surface area contributed by atoms with Gasteiger partial charge in [-0.15, -0.1) is 0 Å². The number of hydrogen-bond acceptors (Lipinski definition) is 3. The molecule has 2 saturated heterocycles. The van der Waals surface area contributed by atoms with Crippen LogP contribution in [-0.4, -0.2) is 31.3 Å². The lowest BCUT2D eigenvalue weighted by Crippen LogP contribution is -2.41. The van der Waals surface area contributed by atoms with Gasteiger partial charge in [-0.3, -0.25) is 0 Å². The summed E-state index contributed by atoms with van der Waals surface area (Å²) in [7, 11) is 0. The van der Waals surface area contributed by atoms with E-state index >= 15 is 0 Å². The first-order valence-electron chi connectivity index (χ1n) is 12.9. The van der Waals surface area contributed by atoms with Crippen LogP contribution in [0.4, 0.5) is 5.69 Å². The molecule has 0 radical (unpaired) electrons. The predicted octanol–water partition coefficient (Wildman–Crippen LogP) is 6.27. The summed E-state index contributed by atoms with van der Waals surface area (Å²) in [6.45, 7) is 4.69. The van der Waals surface area contributed by atoms with Crippen LogP contribution in [-0.2, 0) is 6.42 Å². The van der Waals surface area contributed by atoms with Gasteiger partial charge in [-0.1, -0.05) is 48.5 Å². The second kappa shape index (κ2) is 8.96. The molecule has 34 heavy (non-hydrogen) atoms. The highest BCUT2D eigenvalue weighted by atomic mass is 16.3. The standard InChI is InChI=1S/C31H34N2O/c34-27-13-14-29-25(21-27)7-4-8-28(23-5-2-1-3-6-23)30(29)24-9-11-26(12-10-24)33-19-16-31(17-20-33)15-18-32-22-31/h1-3,5-6,9-14,21,32,34H,4,7-8,15-20,22H2. The van der Waals surface area contributed by atoms with Crippen molar-refractivity contribution in [1.82, 2.24) is 5.32 Å². The third-order valence-electron chi connectivity index (χ3n) is 8.33. The second-order valence-corrected chi connectivity index (χ2v) is 10.4. The van der Waals surface area contributed by atoms with Crippen molar-refractivity contribution in [3.05, 3.63) is 95.1 Å². The third kappa shape index (κ3) is 4.03. The minimum atomic E-state index is 0.358. The molecule has 2 N–H and O–H groups in total. The quantitative estimate of drug-likeness (QED) is 0.494. The van der Waals surface area contributed by atoms with Crippen molar-refractivity contribution in [1.29, 1.82) is 0 Å². The van der Waals surface area contributed by atoms with Gasteiger partial charge in [0.2, 0.25) is 0 Å². The van der Waals surface area contributed by atoms with Gasteiger partial charge in [-0.05, 0) is 108 Å². The molecule has 3 aromatic carbocycles. The Hall–Kier alpha value is -3.04. The molecule has 3 aromatic rings. The summed E-state index contributed by atoms with van der Waals surface area (Å²) in [5.41, 5.74) is 9.69. The fraction of sp³-hybridized carbons (Fsp3) is 0.355. The van der Waals surface area contributed by atoms with Gasteiger partial charge in [0.15, 0.2) is 0 Å². The van der Waals surface area contributed by atoms with Gasteiger partial charge in [0.1, 0.15) is 5.75 Å². The van der Waals surface area contributed by atoms with Crippen LogP contribution in [0.2, 0.25) is 0 Å². The van der Waals surface area contributed by atoms with Gasteiger partial charge < -0.3 is 15.3 Å². The van der Waals surface area contributed by atoms with Crippen LogP contribution in [0, 0.1) is 5.41 Å². The maximum absolute atomic E-state index is 10.2. The summed E-state index contributed by atoms with van der Waals surface area (Å²) in [6, 6.07) is 26.0. The number of aryl methyl sites for hydroxylation is 1. The zero-order chi connectivity index (χ0) is 23.0. The highest BCUT2D eigenvalue weighted by molar-refractivity contribution is 6.00. The fourth-order valence-corrected chi connectivity index (χ4v) is 6.33.